The fourth-order valence-electron chi connectivity index (χ4n) is 5.20. The molecule has 240 valence electrons. The zero-order valence-corrected chi connectivity index (χ0v) is 29.6. The largest absolute Gasteiger partial charge is 0.426 e. The number of rotatable bonds is 26. The molecule has 0 atom stereocenters. The maximum absolute atomic E-state index is 6.47. The van der Waals surface area contributed by atoms with Gasteiger partial charge in [-0.25, -0.2) is 0 Å². The lowest BCUT2D eigenvalue weighted by Crippen LogP contribution is -2.13. The lowest BCUT2D eigenvalue weighted by molar-refractivity contribution is 0.197. The Morgan fingerprint density at radius 2 is 0.976 bits per heavy atom. The van der Waals surface area contributed by atoms with Gasteiger partial charge < -0.3 is 13.6 Å². The minimum absolute atomic E-state index is 0.00755. The minimum Gasteiger partial charge on any atom is -0.426 e. The Morgan fingerprint density at radius 3 is 1.37 bits per heavy atom. The second-order valence-electron chi connectivity index (χ2n) is 14.3. The Balaban J connectivity index is 2.39. The second kappa shape index (κ2) is 23.8. The van der Waals surface area contributed by atoms with Crippen molar-refractivity contribution in [3.8, 4) is 5.75 Å². The molecule has 0 aliphatic heterocycles. The van der Waals surface area contributed by atoms with Gasteiger partial charge in [0.25, 0.3) is 0 Å². The van der Waals surface area contributed by atoms with Gasteiger partial charge in [0.1, 0.15) is 5.75 Å². The number of hydrogen-bond donors (Lipinski definition) is 0. The average Bonchev–Trinajstić information content (AvgIpc) is 2.89. The van der Waals surface area contributed by atoms with Crippen LogP contribution in [0, 0.1) is 18.8 Å². The molecule has 0 unspecified atom stereocenters. The Hall–Kier alpha value is -0.630. The van der Waals surface area contributed by atoms with E-state index in [-0.39, 0.29) is 5.41 Å². The monoisotopic (exact) mass is 592 g/mol. The molecule has 0 aromatic heterocycles. The smallest absolute Gasteiger partial charge is 0.397 e. The van der Waals surface area contributed by atoms with Crippen molar-refractivity contribution in [2.45, 2.75) is 176 Å². The van der Waals surface area contributed by atoms with E-state index in [4.69, 9.17) is 13.6 Å². The Kier molecular flexibility index (Phi) is 22.3. The van der Waals surface area contributed by atoms with Gasteiger partial charge in [-0.05, 0) is 48.6 Å². The highest BCUT2D eigenvalue weighted by Crippen LogP contribution is 2.44. The summed E-state index contributed by atoms with van der Waals surface area (Å²) in [5, 5.41) is 0. The molecule has 4 heteroatoms. The average molecular weight is 593 g/mol. The van der Waals surface area contributed by atoms with Crippen molar-refractivity contribution >= 4 is 8.60 Å². The van der Waals surface area contributed by atoms with Crippen LogP contribution < -0.4 is 4.52 Å². The number of benzene rings is 1. The summed E-state index contributed by atoms with van der Waals surface area (Å²) in [6.07, 6.45) is 23.8. The molecule has 0 radical (unpaired) electrons. The second-order valence-corrected chi connectivity index (χ2v) is 15.4. The molecule has 0 aliphatic carbocycles. The molecule has 3 nitrogen and oxygen atoms in total. The minimum atomic E-state index is -1.39. The van der Waals surface area contributed by atoms with Gasteiger partial charge in [-0.15, -0.1) is 0 Å². The SMILES string of the molecule is Cc1ccc(C(C)(C)C)c(OP(OCCCCCCCCCCC(C)C)OCCCCCCCCCCC(C)C)c1. The van der Waals surface area contributed by atoms with E-state index in [1.807, 2.05) is 0 Å². The Morgan fingerprint density at radius 1 is 0.585 bits per heavy atom. The molecule has 0 amide bonds. The van der Waals surface area contributed by atoms with Crippen LogP contribution in [-0.2, 0) is 14.5 Å². The molecule has 1 rings (SSSR count). The third kappa shape index (κ3) is 21.7. The van der Waals surface area contributed by atoms with Crippen LogP contribution in [0.5, 0.6) is 5.75 Å². The molecule has 0 saturated heterocycles. The summed E-state index contributed by atoms with van der Waals surface area (Å²) in [6.45, 7) is 19.6. The maximum atomic E-state index is 6.47. The van der Waals surface area contributed by atoms with Crippen LogP contribution in [0.25, 0.3) is 0 Å². The normalized spacial score (nSPS) is 12.3. The van der Waals surface area contributed by atoms with E-state index in [0.717, 1.165) is 30.4 Å². The van der Waals surface area contributed by atoms with Crippen molar-refractivity contribution in [3.05, 3.63) is 29.3 Å². The molecule has 0 spiro atoms. The van der Waals surface area contributed by atoms with Crippen molar-refractivity contribution in [3.63, 3.8) is 0 Å². The van der Waals surface area contributed by atoms with Gasteiger partial charge in [-0.2, -0.15) is 0 Å². The van der Waals surface area contributed by atoms with Crippen LogP contribution in [0.2, 0.25) is 0 Å². The molecule has 0 N–H and O–H groups in total. The van der Waals surface area contributed by atoms with E-state index in [0.29, 0.717) is 13.2 Å². The fourth-order valence-corrected chi connectivity index (χ4v) is 6.25. The van der Waals surface area contributed by atoms with Crippen LogP contribution in [0.1, 0.15) is 175 Å². The lowest BCUT2D eigenvalue weighted by Gasteiger charge is -2.25. The Bertz CT molecular complexity index is 710. The maximum Gasteiger partial charge on any atom is 0.397 e. The summed E-state index contributed by atoms with van der Waals surface area (Å²) >= 11 is 0. The zero-order chi connectivity index (χ0) is 30.3. The van der Waals surface area contributed by atoms with Crippen molar-refractivity contribution in [1.82, 2.24) is 0 Å². The third-order valence-corrected chi connectivity index (χ3v) is 9.00. The zero-order valence-electron chi connectivity index (χ0n) is 28.7. The van der Waals surface area contributed by atoms with Gasteiger partial charge in [0.15, 0.2) is 0 Å². The van der Waals surface area contributed by atoms with Gasteiger partial charge in [0.2, 0.25) is 0 Å². The quantitative estimate of drug-likeness (QED) is 0.0791. The van der Waals surface area contributed by atoms with Crippen molar-refractivity contribution in [2.75, 3.05) is 13.2 Å². The topological polar surface area (TPSA) is 27.7 Å². The molecule has 0 aliphatic rings. The lowest BCUT2D eigenvalue weighted by atomic mass is 9.86. The first-order valence-electron chi connectivity index (χ1n) is 17.4. The summed E-state index contributed by atoms with van der Waals surface area (Å²) in [5.74, 6) is 2.61. The highest BCUT2D eigenvalue weighted by atomic mass is 31.2. The molecule has 0 fully saturated rings. The summed E-state index contributed by atoms with van der Waals surface area (Å²) < 4.78 is 19.0. The summed E-state index contributed by atoms with van der Waals surface area (Å²) in [6, 6.07) is 6.51. The van der Waals surface area contributed by atoms with Gasteiger partial charge in [-0.1, -0.05) is 163 Å². The van der Waals surface area contributed by atoms with Gasteiger partial charge in [-0.3, -0.25) is 0 Å². The molecular weight excluding hydrogens is 523 g/mol. The molecule has 41 heavy (non-hydrogen) atoms. The third-order valence-electron chi connectivity index (χ3n) is 7.86. The standard InChI is InChI=1S/C37H69O3P/c1-32(2)25-21-17-13-9-11-15-19-23-29-38-41(40-36-31-34(5)27-28-35(36)37(6,7)8)39-30-24-20-16-12-10-14-18-22-26-33(3)4/h27-28,31-33H,9-26,29-30H2,1-8H3. The first kappa shape index (κ1) is 38.4. The summed E-state index contributed by atoms with van der Waals surface area (Å²) in [5.41, 5.74) is 2.43. The highest BCUT2D eigenvalue weighted by molar-refractivity contribution is 7.42. The summed E-state index contributed by atoms with van der Waals surface area (Å²) in [4.78, 5) is 0. The molecule has 1 aromatic carbocycles. The highest BCUT2D eigenvalue weighted by Gasteiger charge is 2.23. The van der Waals surface area contributed by atoms with Gasteiger partial charge >= 0.3 is 8.60 Å². The van der Waals surface area contributed by atoms with Gasteiger partial charge in [0.05, 0.1) is 13.2 Å². The van der Waals surface area contributed by atoms with E-state index in [1.165, 1.54) is 114 Å². The van der Waals surface area contributed by atoms with E-state index >= 15 is 0 Å². The van der Waals surface area contributed by atoms with Crippen LogP contribution >= 0.6 is 8.60 Å². The predicted molar refractivity (Wildman–Crippen MR) is 182 cm³/mol. The van der Waals surface area contributed by atoms with Crippen LogP contribution in [0.3, 0.4) is 0 Å². The number of hydrogen-bond acceptors (Lipinski definition) is 3. The van der Waals surface area contributed by atoms with Crippen molar-refractivity contribution in [2.24, 2.45) is 11.8 Å². The first-order chi connectivity index (χ1) is 19.6. The van der Waals surface area contributed by atoms with Gasteiger partial charge in [0, 0.05) is 5.56 Å². The molecule has 0 bridgehead atoms. The molecular formula is C37H69O3P. The van der Waals surface area contributed by atoms with E-state index in [9.17, 15) is 0 Å². The van der Waals surface area contributed by atoms with E-state index in [1.54, 1.807) is 0 Å². The van der Waals surface area contributed by atoms with Crippen LogP contribution in [0.15, 0.2) is 18.2 Å². The Labute approximate surface area is 258 Å². The molecule has 0 saturated carbocycles. The fraction of sp³-hybridized carbons (Fsp3) is 0.838. The van der Waals surface area contributed by atoms with Crippen LogP contribution in [0.4, 0.5) is 0 Å². The van der Waals surface area contributed by atoms with Crippen molar-refractivity contribution < 1.29 is 13.6 Å². The molecule has 0 heterocycles. The van der Waals surface area contributed by atoms with E-state index in [2.05, 4.69) is 73.6 Å². The first-order valence-corrected chi connectivity index (χ1v) is 18.5. The molecule has 1 aromatic rings. The number of aryl methyl sites for hydroxylation is 1. The van der Waals surface area contributed by atoms with Crippen LogP contribution in [-0.4, -0.2) is 13.2 Å². The number of unbranched alkanes of at least 4 members (excludes halogenated alkanes) is 14. The summed E-state index contributed by atoms with van der Waals surface area (Å²) in [7, 11) is -1.39. The van der Waals surface area contributed by atoms with E-state index < -0.39 is 8.60 Å². The van der Waals surface area contributed by atoms with Crippen molar-refractivity contribution in [1.29, 1.82) is 0 Å². The predicted octanol–water partition coefficient (Wildman–Crippen LogP) is 13.3.